The molecule has 5 nitrogen and oxygen atoms in total. The average molecular weight is 348 g/mol. The number of allylic oxidation sites excluding steroid dienone is 2. The molecule has 0 radical (unpaired) electrons. The van der Waals surface area contributed by atoms with Gasteiger partial charge in [0.15, 0.2) is 0 Å². The fourth-order valence-electron chi connectivity index (χ4n) is 3.43. The number of carbonyl (C=O) groups excluding carboxylic acids is 1. The second-order valence-electron chi connectivity index (χ2n) is 6.13. The van der Waals surface area contributed by atoms with Gasteiger partial charge in [0.05, 0.1) is 18.1 Å². The number of nitriles is 1. The number of carbonyl (C=O) groups is 1. The monoisotopic (exact) mass is 348 g/mol. The van der Waals surface area contributed by atoms with Gasteiger partial charge in [0.1, 0.15) is 17.4 Å². The van der Waals surface area contributed by atoms with Gasteiger partial charge < -0.3 is 15.2 Å². The van der Waals surface area contributed by atoms with Crippen molar-refractivity contribution in [2.75, 3.05) is 6.61 Å². The lowest BCUT2D eigenvalue weighted by atomic mass is 9.79. The molecular weight excluding hydrogens is 328 g/mol. The van der Waals surface area contributed by atoms with Crippen LogP contribution in [0.25, 0.3) is 10.8 Å². The summed E-state index contributed by atoms with van der Waals surface area (Å²) in [6, 6.07) is 14.0. The van der Waals surface area contributed by atoms with Gasteiger partial charge in [-0.3, -0.25) is 0 Å². The molecule has 1 atom stereocenters. The minimum absolute atomic E-state index is 0.0235. The number of benzene rings is 2. The summed E-state index contributed by atoms with van der Waals surface area (Å²) in [6.45, 7) is 5.60. The van der Waals surface area contributed by atoms with E-state index in [4.69, 9.17) is 15.2 Å². The van der Waals surface area contributed by atoms with Crippen molar-refractivity contribution in [1.82, 2.24) is 0 Å². The molecule has 132 valence electrons. The second kappa shape index (κ2) is 6.93. The standard InChI is InChI=1S/C21H20N2O3/c1-4-25-21(24)18-13(3)26-20(23)16(11-22)19(18)17-12(2)9-10-14-7-5-6-8-15(14)17/h5-10,19H,4,23H2,1-3H3. The van der Waals surface area contributed by atoms with E-state index in [1.807, 2.05) is 43.3 Å². The Morgan fingerprint density at radius 1 is 1.27 bits per heavy atom. The van der Waals surface area contributed by atoms with E-state index in [-0.39, 0.29) is 18.1 Å². The van der Waals surface area contributed by atoms with Crippen LogP contribution in [0.1, 0.15) is 30.9 Å². The van der Waals surface area contributed by atoms with E-state index in [1.54, 1.807) is 13.8 Å². The molecule has 5 heteroatoms. The third-order valence-corrected chi connectivity index (χ3v) is 4.58. The van der Waals surface area contributed by atoms with Crippen molar-refractivity contribution < 1.29 is 14.3 Å². The van der Waals surface area contributed by atoms with Crippen LogP contribution in [0, 0.1) is 18.3 Å². The highest BCUT2D eigenvalue weighted by molar-refractivity contribution is 5.96. The minimum atomic E-state index is -0.626. The Kier molecular flexibility index (Phi) is 4.68. The molecule has 1 unspecified atom stereocenters. The lowest BCUT2D eigenvalue weighted by molar-refractivity contribution is -0.139. The van der Waals surface area contributed by atoms with E-state index < -0.39 is 11.9 Å². The highest BCUT2D eigenvalue weighted by atomic mass is 16.5. The molecule has 1 aliphatic heterocycles. The third-order valence-electron chi connectivity index (χ3n) is 4.58. The van der Waals surface area contributed by atoms with Gasteiger partial charge in [-0.05, 0) is 42.7 Å². The molecule has 0 saturated heterocycles. The fraction of sp³-hybridized carbons (Fsp3) is 0.238. The van der Waals surface area contributed by atoms with E-state index in [0.29, 0.717) is 11.3 Å². The Balaban J connectivity index is 2.34. The maximum absolute atomic E-state index is 12.7. The molecule has 0 aliphatic carbocycles. The second-order valence-corrected chi connectivity index (χ2v) is 6.13. The van der Waals surface area contributed by atoms with Gasteiger partial charge in [0.25, 0.3) is 0 Å². The Morgan fingerprint density at radius 2 is 2.00 bits per heavy atom. The van der Waals surface area contributed by atoms with Crippen molar-refractivity contribution in [2.24, 2.45) is 5.73 Å². The van der Waals surface area contributed by atoms with Crippen LogP contribution in [0.15, 0.2) is 59.2 Å². The van der Waals surface area contributed by atoms with E-state index >= 15 is 0 Å². The lowest BCUT2D eigenvalue weighted by Crippen LogP contribution is -2.26. The maximum Gasteiger partial charge on any atom is 0.338 e. The van der Waals surface area contributed by atoms with E-state index in [0.717, 1.165) is 21.9 Å². The van der Waals surface area contributed by atoms with Crippen LogP contribution < -0.4 is 5.73 Å². The van der Waals surface area contributed by atoms with Gasteiger partial charge in [-0.1, -0.05) is 36.4 Å². The molecule has 0 amide bonds. The normalized spacial score (nSPS) is 17.1. The molecule has 26 heavy (non-hydrogen) atoms. The summed E-state index contributed by atoms with van der Waals surface area (Å²) >= 11 is 0. The number of nitrogens with zero attached hydrogens (tertiary/aromatic N) is 1. The number of nitrogens with two attached hydrogens (primary N) is 1. The number of aryl methyl sites for hydroxylation is 1. The van der Waals surface area contributed by atoms with Crippen LogP contribution in [0.4, 0.5) is 0 Å². The summed E-state index contributed by atoms with van der Waals surface area (Å²) in [5, 5.41) is 11.7. The van der Waals surface area contributed by atoms with Crippen molar-refractivity contribution in [1.29, 1.82) is 5.26 Å². The molecule has 2 aromatic rings. The van der Waals surface area contributed by atoms with Crippen molar-refractivity contribution in [3.63, 3.8) is 0 Å². The predicted molar refractivity (Wildman–Crippen MR) is 98.7 cm³/mol. The van der Waals surface area contributed by atoms with Gasteiger partial charge in [0.2, 0.25) is 5.88 Å². The number of rotatable bonds is 3. The largest absolute Gasteiger partial charge is 0.463 e. The highest BCUT2D eigenvalue weighted by Crippen LogP contribution is 2.43. The van der Waals surface area contributed by atoms with Gasteiger partial charge in [-0.25, -0.2) is 4.79 Å². The first-order valence-electron chi connectivity index (χ1n) is 8.43. The lowest BCUT2D eigenvalue weighted by Gasteiger charge is -2.28. The van der Waals surface area contributed by atoms with E-state index in [1.165, 1.54) is 0 Å². The average Bonchev–Trinajstić information content (AvgIpc) is 2.61. The quantitative estimate of drug-likeness (QED) is 0.853. The zero-order valence-electron chi connectivity index (χ0n) is 15.0. The SMILES string of the molecule is CCOC(=O)C1=C(C)OC(N)=C(C#N)C1c1c(C)ccc2ccccc12. The van der Waals surface area contributed by atoms with Crippen LogP contribution in [-0.4, -0.2) is 12.6 Å². The molecule has 0 bridgehead atoms. The molecule has 2 N–H and O–H groups in total. The number of hydrogen-bond acceptors (Lipinski definition) is 5. The fourth-order valence-corrected chi connectivity index (χ4v) is 3.43. The van der Waals surface area contributed by atoms with Crippen LogP contribution in [0.3, 0.4) is 0 Å². The van der Waals surface area contributed by atoms with Crippen molar-refractivity contribution in [2.45, 2.75) is 26.7 Å². The smallest absolute Gasteiger partial charge is 0.338 e. The van der Waals surface area contributed by atoms with Gasteiger partial charge >= 0.3 is 5.97 Å². The summed E-state index contributed by atoms with van der Waals surface area (Å²) in [5.41, 5.74) is 8.36. The first-order valence-corrected chi connectivity index (χ1v) is 8.43. The van der Waals surface area contributed by atoms with Crippen molar-refractivity contribution in [3.05, 3.63) is 70.3 Å². The van der Waals surface area contributed by atoms with Crippen molar-refractivity contribution in [3.8, 4) is 6.07 Å². The molecule has 1 heterocycles. The molecule has 0 fully saturated rings. The minimum Gasteiger partial charge on any atom is -0.463 e. The first-order chi connectivity index (χ1) is 12.5. The topological polar surface area (TPSA) is 85.3 Å². The Bertz CT molecular complexity index is 996. The van der Waals surface area contributed by atoms with Crippen LogP contribution in [-0.2, 0) is 14.3 Å². The summed E-state index contributed by atoms with van der Waals surface area (Å²) in [5.74, 6) is -0.742. The van der Waals surface area contributed by atoms with Gasteiger partial charge in [0, 0.05) is 0 Å². The van der Waals surface area contributed by atoms with E-state index in [2.05, 4.69) is 6.07 Å². The molecule has 2 aromatic carbocycles. The summed E-state index contributed by atoms with van der Waals surface area (Å²) in [4.78, 5) is 12.7. The van der Waals surface area contributed by atoms with Crippen LogP contribution in [0.2, 0.25) is 0 Å². The predicted octanol–water partition coefficient (Wildman–Crippen LogP) is 3.79. The number of ether oxygens (including phenoxy) is 2. The molecule has 0 saturated carbocycles. The number of fused-ring (bicyclic) bond motifs is 1. The number of esters is 1. The maximum atomic E-state index is 12.7. The van der Waals surface area contributed by atoms with Gasteiger partial charge in [-0.2, -0.15) is 5.26 Å². The molecule has 0 spiro atoms. The summed E-state index contributed by atoms with van der Waals surface area (Å²) in [6.07, 6.45) is 0. The molecule has 1 aliphatic rings. The zero-order chi connectivity index (χ0) is 18.8. The summed E-state index contributed by atoms with van der Waals surface area (Å²) in [7, 11) is 0. The Hall–Kier alpha value is -3.26. The van der Waals surface area contributed by atoms with Crippen LogP contribution >= 0.6 is 0 Å². The highest BCUT2D eigenvalue weighted by Gasteiger charge is 2.37. The van der Waals surface area contributed by atoms with Crippen molar-refractivity contribution >= 4 is 16.7 Å². The third kappa shape index (κ3) is 2.80. The Morgan fingerprint density at radius 3 is 2.69 bits per heavy atom. The molecular formula is C21H20N2O3. The number of hydrogen-bond donors (Lipinski definition) is 1. The molecule has 0 aromatic heterocycles. The zero-order valence-corrected chi connectivity index (χ0v) is 15.0. The Labute approximate surface area is 152 Å². The first kappa shape index (κ1) is 17.6. The van der Waals surface area contributed by atoms with E-state index in [9.17, 15) is 10.1 Å². The summed E-state index contributed by atoms with van der Waals surface area (Å²) < 4.78 is 10.7. The van der Waals surface area contributed by atoms with Crippen LogP contribution in [0.5, 0.6) is 0 Å². The molecule has 3 rings (SSSR count). The van der Waals surface area contributed by atoms with Gasteiger partial charge in [-0.15, -0.1) is 0 Å².